The van der Waals surface area contributed by atoms with Crippen LogP contribution in [0, 0.1) is 15.0 Å². The highest BCUT2D eigenvalue weighted by Crippen LogP contribution is 1.73. The van der Waals surface area contributed by atoms with E-state index in [-0.39, 0.29) is 0 Å². The van der Waals surface area contributed by atoms with Gasteiger partial charge in [0, 0.05) is 18.8 Å². The van der Waals surface area contributed by atoms with Gasteiger partial charge in [0.1, 0.15) is 0 Å². The molecule has 0 aromatic rings. The van der Waals surface area contributed by atoms with Crippen LogP contribution in [0.4, 0.5) is 0 Å². The molecule has 0 spiro atoms. The van der Waals surface area contributed by atoms with Crippen molar-refractivity contribution in [1.29, 1.82) is 0 Å². The number of ether oxygens (including phenoxy) is 1. The highest BCUT2D eigenvalue weighted by Gasteiger charge is 1.93. The maximum atomic E-state index is 9.81. The van der Waals surface area contributed by atoms with E-state index in [0.717, 1.165) is 0 Å². The summed E-state index contributed by atoms with van der Waals surface area (Å²) in [6.45, 7) is 2.36. The van der Waals surface area contributed by atoms with Crippen molar-refractivity contribution in [3.63, 3.8) is 0 Å². The van der Waals surface area contributed by atoms with Gasteiger partial charge in [-0.25, -0.2) is 10.1 Å². The molecule has 0 fully saturated rings. The molecule has 0 heterocycles. The Kier molecular flexibility index (Phi) is 8.36. The standard InChI is InChI=1S/C4H6O3.N2O4/c1-3(5)7-4(2)6;3-1-6-2(4)5/h1-2H3;. The largest absolute Gasteiger partial charge is 0.394 e. The Balaban J connectivity index is 0. The first kappa shape index (κ1) is 13.5. The van der Waals surface area contributed by atoms with Crippen LogP contribution in [0.2, 0.25) is 0 Å². The van der Waals surface area contributed by atoms with Crippen LogP contribution < -0.4 is 0 Å². The van der Waals surface area contributed by atoms with Gasteiger partial charge in [0.2, 0.25) is 0 Å². The van der Waals surface area contributed by atoms with Crippen molar-refractivity contribution >= 4 is 11.9 Å². The van der Waals surface area contributed by atoms with Gasteiger partial charge in [-0.3, -0.25) is 9.59 Å². The first-order valence-electron chi connectivity index (χ1n) is 2.73. The average Bonchev–Trinajstić information content (AvgIpc) is 1.83. The molecule has 0 aromatic heterocycles. The Labute approximate surface area is 71.6 Å². The highest BCUT2D eigenvalue weighted by molar-refractivity contribution is 5.82. The van der Waals surface area contributed by atoms with E-state index in [1.165, 1.54) is 19.2 Å². The lowest BCUT2D eigenvalue weighted by molar-refractivity contribution is -0.760. The first-order chi connectivity index (χ1) is 5.90. The van der Waals surface area contributed by atoms with E-state index >= 15 is 0 Å². The number of hydrogen-bond donors (Lipinski definition) is 0. The van der Waals surface area contributed by atoms with Crippen LogP contribution in [-0.4, -0.2) is 17.0 Å². The number of nitrogens with zero attached hydrogens (tertiary/aromatic N) is 2. The molecule has 0 radical (unpaired) electrons. The van der Waals surface area contributed by atoms with Crippen LogP contribution in [0.1, 0.15) is 13.8 Å². The molecule has 0 amide bonds. The number of hydrogen-bond acceptors (Lipinski definition) is 8. The summed E-state index contributed by atoms with van der Waals surface area (Å²) < 4.78 is 3.97. The summed E-state index contributed by atoms with van der Waals surface area (Å²) in [6.07, 6.45) is 0. The quantitative estimate of drug-likeness (QED) is 0.198. The fraction of sp³-hybridized carbons (Fsp3) is 0.500. The third kappa shape index (κ3) is 25.7. The maximum absolute atomic E-state index is 9.81. The molecule has 0 bridgehead atoms. The van der Waals surface area contributed by atoms with Crippen molar-refractivity contribution in [2.75, 3.05) is 0 Å². The Morgan fingerprint density at radius 1 is 1.31 bits per heavy atom. The summed E-state index contributed by atoms with van der Waals surface area (Å²) in [4.78, 5) is 40.0. The zero-order chi connectivity index (χ0) is 10.9. The molecule has 0 rings (SSSR count). The third-order valence-corrected chi connectivity index (χ3v) is 0.387. The first-order valence-corrected chi connectivity index (χ1v) is 2.73. The van der Waals surface area contributed by atoms with E-state index < -0.39 is 17.0 Å². The fourth-order valence-electron chi connectivity index (χ4n) is 0.230. The monoisotopic (exact) mass is 194 g/mol. The molecule has 0 atom stereocenters. The smallest absolute Gasteiger partial charge is 0.354 e. The molecule has 9 nitrogen and oxygen atoms in total. The molecule has 9 heteroatoms. The van der Waals surface area contributed by atoms with Gasteiger partial charge in [-0.05, 0) is 0 Å². The van der Waals surface area contributed by atoms with Crippen molar-refractivity contribution in [3.05, 3.63) is 15.0 Å². The van der Waals surface area contributed by atoms with Gasteiger partial charge in [0.05, 0.1) is 0 Å². The Bertz CT molecular complexity index is 201. The van der Waals surface area contributed by atoms with Crippen LogP contribution >= 0.6 is 0 Å². The predicted octanol–water partition coefficient (Wildman–Crippen LogP) is -0.0279. The van der Waals surface area contributed by atoms with Gasteiger partial charge in [-0.1, -0.05) is 0 Å². The zero-order valence-corrected chi connectivity index (χ0v) is 6.75. The molecular formula is C4H6N2O7. The second kappa shape index (κ2) is 8.04. The fourth-order valence-corrected chi connectivity index (χ4v) is 0.230. The van der Waals surface area contributed by atoms with Crippen molar-refractivity contribution in [2.24, 2.45) is 5.34 Å². The van der Waals surface area contributed by atoms with Gasteiger partial charge in [-0.15, -0.1) is 4.94 Å². The van der Waals surface area contributed by atoms with Gasteiger partial charge in [-0.2, -0.15) is 0 Å². The lowest BCUT2D eigenvalue weighted by Crippen LogP contribution is -2.03. The highest BCUT2D eigenvalue weighted by atomic mass is 17.0. The van der Waals surface area contributed by atoms with Crippen molar-refractivity contribution in [1.82, 2.24) is 0 Å². The maximum Gasteiger partial charge on any atom is 0.354 e. The Hall–Kier alpha value is -2.06. The molecule has 0 aromatic carbocycles. The van der Waals surface area contributed by atoms with Gasteiger partial charge in [0.25, 0.3) is 0 Å². The summed E-state index contributed by atoms with van der Waals surface area (Å²) in [7, 11) is 0. The van der Waals surface area contributed by atoms with Crippen LogP contribution in [0.5, 0.6) is 0 Å². The summed E-state index contributed by atoms with van der Waals surface area (Å²) in [5.41, 5.74) is 0. The van der Waals surface area contributed by atoms with Gasteiger partial charge >= 0.3 is 17.3 Å². The number of carbonyl (C=O) groups excluding carboxylic acids is 2. The summed E-state index contributed by atoms with van der Waals surface area (Å²) >= 11 is 0. The third-order valence-electron chi connectivity index (χ3n) is 0.387. The van der Waals surface area contributed by atoms with Crippen LogP contribution in [-0.2, 0) is 19.3 Å². The van der Waals surface area contributed by atoms with Crippen LogP contribution in [0.3, 0.4) is 0 Å². The minimum Gasteiger partial charge on any atom is -0.394 e. The van der Waals surface area contributed by atoms with Gasteiger partial charge < -0.3 is 4.74 Å². The molecular weight excluding hydrogens is 188 g/mol. The molecule has 0 unspecified atom stereocenters. The van der Waals surface area contributed by atoms with Crippen molar-refractivity contribution < 1.29 is 24.4 Å². The topological polar surface area (TPSA) is 125 Å². The van der Waals surface area contributed by atoms with E-state index in [4.69, 9.17) is 15.0 Å². The molecule has 0 saturated carbocycles. The van der Waals surface area contributed by atoms with Crippen LogP contribution in [0.15, 0.2) is 5.34 Å². The van der Waals surface area contributed by atoms with E-state index in [2.05, 4.69) is 9.68 Å². The minimum atomic E-state index is -1.30. The van der Waals surface area contributed by atoms with E-state index in [9.17, 15) is 9.59 Å². The molecule has 0 saturated heterocycles. The second-order valence-corrected chi connectivity index (χ2v) is 1.47. The number of rotatable bonds is 2. The molecule has 74 valence electrons. The molecule has 0 N–H and O–H groups in total. The second-order valence-electron chi connectivity index (χ2n) is 1.47. The molecule has 0 aliphatic rings. The summed E-state index contributed by atoms with van der Waals surface area (Å²) in [5.74, 6) is -1.12. The molecule has 0 aliphatic heterocycles. The summed E-state index contributed by atoms with van der Waals surface area (Å²) in [6, 6.07) is 0. The Morgan fingerprint density at radius 2 is 1.69 bits per heavy atom. The number of carbonyl (C=O) groups is 2. The Morgan fingerprint density at radius 3 is 1.69 bits per heavy atom. The van der Waals surface area contributed by atoms with E-state index in [1.807, 2.05) is 0 Å². The number of esters is 2. The van der Waals surface area contributed by atoms with E-state index in [0.29, 0.717) is 0 Å². The van der Waals surface area contributed by atoms with Crippen molar-refractivity contribution in [3.8, 4) is 0 Å². The SMILES string of the molecule is CC(=O)OC(C)=O.O=NO[N+](=O)[O-]. The lowest BCUT2D eigenvalue weighted by atomic mass is 10.7. The zero-order valence-electron chi connectivity index (χ0n) is 6.75. The minimum absolute atomic E-state index is 0.562. The molecule has 13 heavy (non-hydrogen) atoms. The normalized spacial score (nSPS) is 7.23. The predicted molar refractivity (Wildman–Crippen MR) is 36.3 cm³/mol. The van der Waals surface area contributed by atoms with Crippen LogP contribution in [0.25, 0.3) is 0 Å². The summed E-state index contributed by atoms with van der Waals surface area (Å²) in [5, 5.41) is 9.08. The van der Waals surface area contributed by atoms with E-state index in [1.54, 1.807) is 0 Å². The molecule has 0 aliphatic carbocycles. The average molecular weight is 194 g/mol. The lowest BCUT2D eigenvalue weighted by Gasteiger charge is -1.87. The van der Waals surface area contributed by atoms with Gasteiger partial charge in [0.15, 0.2) is 5.09 Å². The van der Waals surface area contributed by atoms with Crippen molar-refractivity contribution in [2.45, 2.75) is 13.8 Å².